The van der Waals surface area contributed by atoms with Crippen LogP contribution in [-0.2, 0) is 11.2 Å². The molecular formula is C26H26N4O3. The smallest absolute Gasteiger partial charge is 0.261 e. The first-order valence-corrected chi connectivity index (χ1v) is 11.5. The van der Waals surface area contributed by atoms with Crippen LogP contribution in [0.3, 0.4) is 0 Å². The fourth-order valence-corrected chi connectivity index (χ4v) is 5.24. The molecule has 0 aliphatic carbocycles. The molecule has 0 amide bonds. The van der Waals surface area contributed by atoms with E-state index in [4.69, 9.17) is 9.73 Å². The van der Waals surface area contributed by atoms with Gasteiger partial charge in [0, 0.05) is 18.2 Å². The molecular weight excluding hydrogens is 416 g/mol. The lowest BCUT2D eigenvalue weighted by Gasteiger charge is -2.29. The molecule has 7 nitrogen and oxygen atoms in total. The van der Waals surface area contributed by atoms with Crippen molar-refractivity contribution in [3.63, 3.8) is 0 Å². The number of aliphatic hydroxyl groups excluding tert-OH is 1. The van der Waals surface area contributed by atoms with Crippen LogP contribution in [0.2, 0.25) is 0 Å². The molecule has 6 rings (SSSR count). The van der Waals surface area contributed by atoms with Gasteiger partial charge in [-0.1, -0.05) is 30.3 Å². The summed E-state index contributed by atoms with van der Waals surface area (Å²) in [4.78, 5) is 25.2. The third-order valence-electron chi connectivity index (χ3n) is 6.94. The number of nitrogens with zero attached hydrogens (tertiary/aromatic N) is 4. The fourth-order valence-electron chi connectivity index (χ4n) is 5.24. The van der Waals surface area contributed by atoms with Crippen molar-refractivity contribution < 1.29 is 9.84 Å². The van der Waals surface area contributed by atoms with E-state index < -0.39 is 6.10 Å². The first-order valence-electron chi connectivity index (χ1n) is 11.5. The van der Waals surface area contributed by atoms with Crippen LogP contribution in [0.5, 0.6) is 0 Å². The van der Waals surface area contributed by atoms with Crippen molar-refractivity contribution in [1.82, 2.24) is 14.5 Å². The molecule has 3 aromatic rings. The van der Waals surface area contributed by atoms with Gasteiger partial charge in [0.15, 0.2) is 0 Å². The van der Waals surface area contributed by atoms with Crippen LogP contribution in [0.25, 0.3) is 21.7 Å². The van der Waals surface area contributed by atoms with Crippen LogP contribution < -0.4 is 5.56 Å². The molecule has 4 heterocycles. The summed E-state index contributed by atoms with van der Waals surface area (Å²) >= 11 is 0. The summed E-state index contributed by atoms with van der Waals surface area (Å²) in [5, 5.41) is 13.1. The maximum Gasteiger partial charge on any atom is 0.261 e. The highest BCUT2D eigenvalue weighted by atomic mass is 16.5. The monoisotopic (exact) mass is 442 g/mol. The van der Waals surface area contributed by atoms with E-state index in [1.165, 1.54) is 5.57 Å². The largest absolute Gasteiger partial charge is 0.389 e. The standard InChI is InChI=1S/C26H26N4O3/c1-16-6-7-24-27-12-18(29(24)13-16)10-17-11-21-25(20-5-3-2-4-19(17)20)28-15-30(26(21)32)22-8-9-33-14-23(22)31/h2-7,11,13,15,18,22-23,31H,8-10,12,14H2,1H3. The van der Waals surface area contributed by atoms with Crippen molar-refractivity contribution in [2.45, 2.75) is 38.0 Å². The lowest BCUT2D eigenvalue weighted by Crippen LogP contribution is -2.39. The molecule has 0 saturated carbocycles. The van der Waals surface area contributed by atoms with Crippen LogP contribution >= 0.6 is 0 Å². The van der Waals surface area contributed by atoms with Gasteiger partial charge >= 0.3 is 0 Å². The molecule has 3 aliphatic heterocycles. The van der Waals surface area contributed by atoms with E-state index in [0.29, 0.717) is 23.9 Å². The second-order valence-electron chi connectivity index (χ2n) is 9.10. The van der Waals surface area contributed by atoms with Crippen molar-refractivity contribution in [2.24, 2.45) is 4.99 Å². The van der Waals surface area contributed by atoms with Crippen LogP contribution in [0, 0.1) is 0 Å². The van der Waals surface area contributed by atoms with Gasteiger partial charge in [-0.2, -0.15) is 0 Å². The summed E-state index contributed by atoms with van der Waals surface area (Å²) in [6, 6.07) is 10.0. The topological polar surface area (TPSA) is 80.0 Å². The Hall–Kier alpha value is -3.29. The van der Waals surface area contributed by atoms with E-state index in [1.807, 2.05) is 24.3 Å². The third kappa shape index (κ3) is 3.39. The Morgan fingerprint density at radius 2 is 2.03 bits per heavy atom. The summed E-state index contributed by atoms with van der Waals surface area (Å²) in [5.41, 5.74) is 2.91. The fraction of sp³-hybridized carbons (Fsp3) is 0.346. The van der Waals surface area contributed by atoms with Gasteiger partial charge < -0.3 is 14.7 Å². The average Bonchev–Trinajstić information content (AvgIpc) is 3.22. The number of ether oxygens (including phenoxy) is 1. The summed E-state index contributed by atoms with van der Waals surface area (Å²) in [6.07, 6.45) is 8.53. The van der Waals surface area contributed by atoms with E-state index in [2.05, 4.69) is 41.2 Å². The summed E-state index contributed by atoms with van der Waals surface area (Å²) in [5.74, 6) is 0.994. The van der Waals surface area contributed by atoms with E-state index in [0.717, 1.165) is 35.1 Å². The highest BCUT2D eigenvalue weighted by Crippen LogP contribution is 2.30. The Morgan fingerprint density at radius 3 is 2.88 bits per heavy atom. The van der Waals surface area contributed by atoms with E-state index >= 15 is 0 Å². The van der Waals surface area contributed by atoms with Gasteiger partial charge in [-0.25, -0.2) is 4.98 Å². The minimum absolute atomic E-state index is 0.113. The lowest BCUT2D eigenvalue weighted by atomic mass is 9.95. The molecule has 1 fully saturated rings. The number of fused-ring (bicyclic) bond motifs is 4. The molecule has 3 atom stereocenters. The van der Waals surface area contributed by atoms with E-state index in [-0.39, 0.29) is 24.2 Å². The van der Waals surface area contributed by atoms with Gasteiger partial charge in [-0.05, 0) is 48.4 Å². The minimum atomic E-state index is -0.716. The molecule has 0 bridgehead atoms. The highest BCUT2D eigenvalue weighted by molar-refractivity contribution is 6.06. The number of rotatable bonds is 3. The molecule has 1 N–H and O–H groups in total. The Morgan fingerprint density at radius 1 is 1.18 bits per heavy atom. The molecule has 7 heteroatoms. The molecule has 168 valence electrons. The second-order valence-corrected chi connectivity index (χ2v) is 9.10. The number of aliphatic hydroxyl groups is 1. The molecule has 3 aliphatic rings. The van der Waals surface area contributed by atoms with Gasteiger partial charge in [0.05, 0.1) is 48.6 Å². The van der Waals surface area contributed by atoms with Gasteiger partial charge in [-0.3, -0.25) is 14.4 Å². The first kappa shape index (κ1) is 20.3. The number of hydrogen-bond acceptors (Lipinski definition) is 6. The predicted molar refractivity (Wildman–Crippen MR) is 129 cm³/mol. The molecule has 33 heavy (non-hydrogen) atoms. The molecule has 0 radical (unpaired) electrons. The van der Waals surface area contributed by atoms with Crippen LogP contribution in [-0.4, -0.2) is 57.3 Å². The molecule has 2 aromatic carbocycles. The lowest BCUT2D eigenvalue weighted by molar-refractivity contribution is -0.0395. The van der Waals surface area contributed by atoms with Gasteiger partial charge in [-0.15, -0.1) is 0 Å². The third-order valence-corrected chi connectivity index (χ3v) is 6.94. The number of amidine groups is 1. The molecule has 1 saturated heterocycles. The summed E-state index contributed by atoms with van der Waals surface area (Å²) < 4.78 is 6.94. The molecule has 0 spiro atoms. The van der Waals surface area contributed by atoms with Crippen molar-refractivity contribution in [1.29, 1.82) is 0 Å². The summed E-state index contributed by atoms with van der Waals surface area (Å²) in [6.45, 7) is 3.57. The molecule has 3 unspecified atom stereocenters. The summed E-state index contributed by atoms with van der Waals surface area (Å²) in [7, 11) is 0. The van der Waals surface area contributed by atoms with Crippen LogP contribution in [0.1, 0.15) is 24.9 Å². The SMILES string of the molecule is CC1=CN2C(=NCC2Cc2cc3c(=O)n(C4CCOCC4O)cnc3c3ccccc23)C=C1. The first-order chi connectivity index (χ1) is 16.1. The highest BCUT2D eigenvalue weighted by Gasteiger charge is 2.29. The van der Waals surface area contributed by atoms with Gasteiger partial charge in [0.2, 0.25) is 0 Å². The van der Waals surface area contributed by atoms with Gasteiger partial charge in [0.1, 0.15) is 5.84 Å². The average molecular weight is 443 g/mol. The van der Waals surface area contributed by atoms with Crippen LogP contribution in [0.4, 0.5) is 0 Å². The zero-order valence-corrected chi connectivity index (χ0v) is 18.5. The van der Waals surface area contributed by atoms with Crippen molar-refractivity contribution >= 4 is 27.5 Å². The van der Waals surface area contributed by atoms with Crippen molar-refractivity contribution in [3.05, 3.63) is 76.5 Å². The Bertz CT molecular complexity index is 1400. The van der Waals surface area contributed by atoms with Gasteiger partial charge in [0.25, 0.3) is 5.56 Å². The van der Waals surface area contributed by atoms with Crippen molar-refractivity contribution in [2.75, 3.05) is 19.8 Å². The Balaban J connectivity index is 1.47. The van der Waals surface area contributed by atoms with Crippen LogP contribution in [0.15, 0.2) is 70.4 Å². The second kappa shape index (κ2) is 7.93. The number of hydrogen-bond donors (Lipinski definition) is 1. The maximum absolute atomic E-state index is 13.6. The Kier molecular flexibility index (Phi) is 4.89. The minimum Gasteiger partial charge on any atom is -0.389 e. The predicted octanol–water partition coefficient (Wildman–Crippen LogP) is 2.97. The number of benzene rings is 2. The quantitative estimate of drug-likeness (QED) is 0.631. The van der Waals surface area contributed by atoms with E-state index in [1.54, 1.807) is 10.9 Å². The number of aliphatic imine (C=N–C) groups is 1. The number of aromatic nitrogens is 2. The normalized spacial score (nSPS) is 24.8. The zero-order chi connectivity index (χ0) is 22.5. The number of allylic oxidation sites excluding steroid dienone is 2. The van der Waals surface area contributed by atoms with Crippen molar-refractivity contribution in [3.8, 4) is 0 Å². The maximum atomic E-state index is 13.6. The molecule has 1 aromatic heterocycles. The van der Waals surface area contributed by atoms with E-state index in [9.17, 15) is 9.90 Å². The zero-order valence-electron chi connectivity index (χ0n) is 18.5. The Labute approximate surface area is 191 Å².